The Kier molecular flexibility index (Phi) is 2.87. The maximum absolute atomic E-state index is 11.5. The average Bonchev–Trinajstić information content (AvgIpc) is 2.28. The van der Waals surface area contributed by atoms with Crippen molar-refractivity contribution in [3.05, 3.63) is 22.2 Å². The topological polar surface area (TPSA) is 109 Å². The summed E-state index contributed by atoms with van der Waals surface area (Å²) in [5.74, 6) is -0.839. The molecule has 1 aromatic heterocycles. The number of aromatic nitrogens is 2. The maximum Gasteiger partial charge on any atom is 0.347 e. The largest absolute Gasteiger partial charge is 0.481 e. The Balaban J connectivity index is 2.52. The second-order valence-corrected chi connectivity index (χ2v) is 4.47. The van der Waals surface area contributed by atoms with Gasteiger partial charge in [-0.15, -0.1) is 0 Å². The molecule has 17 heavy (non-hydrogen) atoms. The number of carboxylic acid groups (broad SMARTS) is 1. The third kappa shape index (κ3) is 2.02. The van der Waals surface area contributed by atoms with Gasteiger partial charge in [0, 0.05) is 11.8 Å². The number of aromatic amines is 1. The van der Waals surface area contributed by atoms with E-state index < -0.39 is 17.1 Å². The number of aliphatic carboxylic acids is 1. The molecule has 1 aliphatic carbocycles. The quantitative estimate of drug-likeness (QED) is 0.699. The third-order valence-electron chi connectivity index (χ3n) is 3.40. The van der Waals surface area contributed by atoms with Crippen LogP contribution < -0.4 is 11.4 Å². The van der Waals surface area contributed by atoms with Crippen LogP contribution in [0.25, 0.3) is 0 Å². The van der Waals surface area contributed by atoms with Gasteiger partial charge in [-0.3, -0.25) is 4.79 Å². The molecule has 0 bridgehead atoms. The summed E-state index contributed by atoms with van der Waals surface area (Å²) in [6, 6.07) is 1.46. The van der Waals surface area contributed by atoms with Crippen molar-refractivity contribution in [2.24, 2.45) is 0 Å². The van der Waals surface area contributed by atoms with Gasteiger partial charge in [0.05, 0.1) is 0 Å². The van der Waals surface area contributed by atoms with Crippen LogP contribution in [0.3, 0.4) is 0 Å². The highest BCUT2D eigenvalue weighted by molar-refractivity contribution is 5.81. The second-order valence-electron chi connectivity index (χ2n) is 4.47. The first-order valence-corrected chi connectivity index (χ1v) is 5.65. The molecule has 0 aromatic carbocycles. The SMILES string of the molecule is Nc1cc(C2(C(=O)O)CCCCC2)[nH]c(=O)n1. The molecule has 0 amide bonds. The van der Waals surface area contributed by atoms with Crippen LogP contribution in [-0.4, -0.2) is 21.0 Å². The van der Waals surface area contributed by atoms with E-state index in [2.05, 4.69) is 9.97 Å². The van der Waals surface area contributed by atoms with E-state index in [-0.39, 0.29) is 5.82 Å². The fourth-order valence-corrected chi connectivity index (χ4v) is 2.49. The molecule has 1 fully saturated rings. The lowest BCUT2D eigenvalue weighted by molar-refractivity contribution is -0.145. The number of anilines is 1. The third-order valence-corrected chi connectivity index (χ3v) is 3.40. The smallest absolute Gasteiger partial charge is 0.347 e. The second kappa shape index (κ2) is 4.20. The molecule has 1 saturated carbocycles. The average molecular weight is 237 g/mol. The van der Waals surface area contributed by atoms with E-state index in [1.807, 2.05) is 0 Å². The lowest BCUT2D eigenvalue weighted by Gasteiger charge is -2.32. The Labute approximate surface area is 97.9 Å². The van der Waals surface area contributed by atoms with Crippen molar-refractivity contribution in [3.8, 4) is 0 Å². The normalized spacial score (nSPS) is 18.8. The molecular formula is C11H15N3O3. The molecule has 6 nitrogen and oxygen atoms in total. The van der Waals surface area contributed by atoms with Gasteiger partial charge >= 0.3 is 11.7 Å². The zero-order chi connectivity index (χ0) is 12.5. The van der Waals surface area contributed by atoms with E-state index in [1.165, 1.54) is 6.07 Å². The Bertz CT molecular complexity index is 489. The van der Waals surface area contributed by atoms with Gasteiger partial charge in [0.1, 0.15) is 11.2 Å². The molecule has 6 heteroatoms. The number of carbonyl (C=O) groups is 1. The van der Waals surface area contributed by atoms with Crippen LogP contribution in [0.2, 0.25) is 0 Å². The van der Waals surface area contributed by atoms with Crippen molar-refractivity contribution in [1.29, 1.82) is 0 Å². The number of H-pyrrole nitrogens is 1. The molecule has 1 heterocycles. The molecule has 0 radical (unpaired) electrons. The molecule has 0 spiro atoms. The summed E-state index contributed by atoms with van der Waals surface area (Å²) in [6.07, 6.45) is 3.77. The Morgan fingerprint density at radius 3 is 2.59 bits per heavy atom. The first-order chi connectivity index (χ1) is 8.04. The van der Waals surface area contributed by atoms with Crippen molar-refractivity contribution in [1.82, 2.24) is 9.97 Å². The number of nitrogens with one attached hydrogen (secondary N) is 1. The predicted molar refractivity (Wildman–Crippen MR) is 61.7 cm³/mol. The molecule has 1 aliphatic rings. The number of hydrogen-bond donors (Lipinski definition) is 3. The van der Waals surface area contributed by atoms with Crippen LogP contribution in [0.15, 0.2) is 10.9 Å². The minimum absolute atomic E-state index is 0.0648. The van der Waals surface area contributed by atoms with Crippen molar-refractivity contribution in [3.63, 3.8) is 0 Å². The molecule has 2 rings (SSSR count). The van der Waals surface area contributed by atoms with Crippen LogP contribution in [0.1, 0.15) is 37.8 Å². The summed E-state index contributed by atoms with van der Waals surface area (Å²) >= 11 is 0. The van der Waals surface area contributed by atoms with Crippen molar-refractivity contribution >= 4 is 11.8 Å². The minimum atomic E-state index is -1.01. The van der Waals surface area contributed by atoms with Crippen LogP contribution in [-0.2, 0) is 10.2 Å². The Hall–Kier alpha value is -1.85. The maximum atomic E-state index is 11.5. The Morgan fingerprint density at radius 2 is 2.06 bits per heavy atom. The summed E-state index contributed by atoms with van der Waals surface area (Å²) in [6.45, 7) is 0. The number of nitrogens with zero attached hydrogens (tertiary/aromatic N) is 1. The van der Waals surface area contributed by atoms with Crippen LogP contribution in [0.5, 0.6) is 0 Å². The van der Waals surface area contributed by atoms with Crippen LogP contribution >= 0.6 is 0 Å². The fraction of sp³-hybridized carbons (Fsp3) is 0.545. The van der Waals surface area contributed by atoms with E-state index in [0.717, 1.165) is 19.3 Å². The highest BCUT2D eigenvalue weighted by atomic mass is 16.4. The molecule has 4 N–H and O–H groups in total. The molecule has 0 unspecified atom stereocenters. The standard InChI is InChI=1S/C11H15N3O3/c12-8-6-7(13-10(17)14-8)11(9(15)16)4-2-1-3-5-11/h6H,1-5H2,(H,15,16)(H3,12,13,14,17). The molecule has 0 saturated heterocycles. The van der Waals surface area contributed by atoms with E-state index >= 15 is 0 Å². The van der Waals surface area contributed by atoms with Gasteiger partial charge in [-0.1, -0.05) is 19.3 Å². The predicted octanol–water partition coefficient (Wildman–Crippen LogP) is 0.639. The molecule has 0 atom stereocenters. The van der Waals surface area contributed by atoms with Gasteiger partial charge in [-0.05, 0) is 12.8 Å². The lowest BCUT2D eigenvalue weighted by atomic mass is 9.71. The highest BCUT2D eigenvalue weighted by Gasteiger charge is 2.42. The van der Waals surface area contributed by atoms with E-state index in [0.29, 0.717) is 18.5 Å². The van der Waals surface area contributed by atoms with E-state index in [4.69, 9.17) is 5.73 Å². The number of carboxylic acids is 1. The summed E-state index contributed by atoms with van der Waals surface area (Å²) in [7, 11) is 0. The highest BCUT2D eigenvalue weighted by Crippen LogP contribution is 2.38. The van der Waals surface area contributed by atoms with Crippen molar-refractivity contribution in [2.75, 3.05) is 5.73 Å². The van der Waals surface area contributed by atoms with Crippen LogP contribution in [0, 0.1) is 0 Å². The summed E-state index contributed by atoms with van der Waals surface area (Å²) in [5.41, 5.74) is 4.28. The van der Waals surface area contributed by atoms with Crippen molar-refractivity contribution < 1.29 is 9.90 Å². The molecule has 1 aromatic rings. The first kappa shape index (κ1) is 11.6. The molecular weight excluding hydrogens is 222 g/mol. The molecule has 0 aliphatic heterocycles. The van der Waals surface area contributed by atoms with E-state index in [9.17, 15) is 14.7 Å². The van der Waals surface area contributed by atoms with Crippen molar-refractivity contribution in [2.45, 2.75) is 37.5 Å². The summed E-state index contributed by atoms with van der Waals surface area (Å²) in [5, 5.41) is 9.44. The monoisotopic (exact) mass is 237 g/mol. The van der Waals surface area contributed by atoms with Gasteiger partial charge < -0.3 is 15.8 Å². The summed E-state index contributed by atoms with van der Waals surface area (Å²) in [4.78, 5) is 28.8. The first-order valence-electron chi connectivity index (χ1n) is 5.65. The minimum Gasteiger partial charge on any atom is -0.481 e. The number of nitrogens with two attached hydrogens (primary N) is 1. The van der Waals surface area contributed by atoms with E-state index in [1.54, 1.807) is 0 Å². The fourth-order valence-electron chi connectivity index (χ4n) is 2.49. The number of nitrogen functional groups attached to an aromatic ring is 1. The van der Waals surface area contributed by atoms with Crippen LogP contribution in [0.4, 0.5) is 5.82 Å². The van der Waals surface area contributed by atoms with Gasteiger partial charge in [0.25, 0.3) is 0 Å². The Morgan fingerprint density at radius 1 is 1.41 bits per heavy atom. The lowest BCUT2D eigenvalue weighted by Crippen LogP contribution is -2.40. The zero-order valence-corrected chi connectivity index (χ0v) is 9.40. The number of rotatable bonds is 2. The van der Waals surface area contributed by atoms with Gasteiger partial charge in [0.15, 0.2) is 0 Å². The summed E-state index contributed by atoms with van der Waals surface area (Å²) < 4.78 is 0. The molecule has 92 valence electrons. The van der Waals surface area contributed by atoms with Gasteiger partial charge in [-0.25, -0.2) is 4.79 Å². The number of hydrogen-bond acceptors (Lipinski definition) is 4. The zero-order valence-electron chi connectivity index (χ0n) is 9.40. The van der Waals surface area contributed by atoms with Gasteiger partial charge in [-0.2, -0.15) is 4.98 Å². The van der Waals surface area contributed by atoms with Gasteiger partial charge in [0.2, 0.25) is 0 Å².